The molecule has 1 saturated carbocycles. The van der Waals surface area contributed by atoms with Crippen LogP contribution in [0.3, 0.4) is 0 Å². The maximum absolute atomic E-state index is 8.58. The van der Waals surface area contributed by atoms with Crippen LogP contribution in [-0.2, 0) is 0 Å². The van der Waals surface area contributed by atoms with Crippen molar-refractivity contribution in [2.75, 3.05) is 0 Å². The Morgan fingerprint density at radius 1 is 1.60 bits per heavy atom. The fourth-order valence-corrected chi connectivity index (χ4v) is 1.64. The lowest BCUT2D eigenvalue weighted by atomic mass is 10.0. The van der Waals surface area contributed by atoms with Gasteiger partial charge >= 0.3 is 0 Å². The summed E-state index contributed by atoms with van der Waals surface area (Å²) in [6.07, 6.45) is 6.49. The standard InChI is InChI=1S/C9H13N/c1-2-3-8-4-5-9(6-8)7-10/h2,8-9H,1,3-6H2. The maximum Gasteiger partial charge on any atom is 0.0655 e. The van der Waals surface area contributed by atoms with Crippen molar-refractivity contribution in [3.63, 3.8) is 0 Å². The summed E-state index contributed by atoms with van der Waals surface area (Å²) in [4.78, 5) is 0. The topological polar surface area (TPSA) is 23.8 Å². The summed E-state index contributed by atoms with van der Waals surface area (Å²) in [5, 5.41) is 8.58. The first-order chi connectivity index (χ1) is 4.86. The predicted octanol–water partition coefficient (Wildman–Crippen LogP) is 2.50. The Morgan fingerprint density at radius 2 is 2.40 bits per heavy atom. The molecule has 1 rings (SSSR count). The molecule has 0 N–H and O–H groups in total. The average molecular weight is 135 g/mol. The second kappa shape index (κ2) is 3.41. The van der Waals surface area contributed by atoms with E-state index in [1.54, 1.807) is 0 Å². The second-order valence-electron chi connectivity index (χ2n) is 3.03. The van der Waals surface area contributed by atoms with Gasteiger partial charge in [0.05, 0.1) is 6.07 Å². The molecule has 0 aromatic carbocycles. The Bertz CT molecular complexity index is 155. The van der Waals surface area contributed by atoms with Gasteiger partial charge in [0.2, 0.25) is 0 Å². The molecule has 10 heavy (non-hydrogen) atoms. The van der Waals surface area contributed by atoms with Gasteiger partial charge in [0.25, 0.3) is 0 Å². The van der Waals surface area contributed by atoms with Crippen molar-refractivity contribution in [1.29, 1.82) is 5.26 Å². The van der Waals surface area contributed by atoms with Crippen LogP contribution < -0.4 is 0 Å². The normalized spacial score (nSPS) is 31.5. The van der Waals surface area contributed by atoms with Crippen LogP contribution in [0.2, 0.25) is 0 Å². The zero-order chi connectivity index (χ0) is 7.40. The Hall–Kier alpha value is -0.770. The minimum Gasteiger partial charge on any atom is -0.198 e. The number of hydrogen-bond acceptors (Lipinski definition) is 1. The molecule has 1 aliphatic carbocycles. The molecule has 2 atom stereocenters. The van der Waals surface area contributed by atoms with Crippen LogP contribution in [0, 0.1) is 23.2 Å². The minimum atomic E-state index is 0.338. The first-order valence-electron chi connectivity index (χ1n) is 3.87. The van der Waals surface area contributed by atoms with E-state index in [2.05, 4.69) is 12.6 Å². The van der Waals surface area contributed by atoms with Gasteiger partial charge in [-0.3, -0.25) is 0 Å². The highest BCUT2D eigenvalue weighted by Crippen LogP contribution is 2.32. The molecule has 1 aliphatic rings. The van der Waals surface area contributed by atoms with Crippen LogP contribution in [0.5, 0.6) is 0 Å². The molecular formula is C9H13N. The highest BCUT2D eigenvalue weighted by Gasteiger charge is 2.22. The van der Waals surface area contributed by atoms with Crippen LogP contribution in [0.4, 0.5) is 0 Å². The van der Waals surface area contributed by atoms with E-state index in [4.69, 9.17) is 5.26 Å². The van der Waals surface area contributed by atoms with Gasteiger partial charge in [0, 0.05) is 5.92 Å². The third-order valence-corrected chi connectivity index (χ3v) is 2.22. The van der Waals surface area contributed by atoms with Crippen molar-refractivity contribution < 1.29 is 0 Å². The molecule has 1 heteroatoms. The van der Waals surface area contributed by atoms with Crippen LogP contribution in [0.15, 0.2) is 12.7 Å². The monoisotopic (exact) mass is 135 g/mol. The highest BCUT2D eigenvalue weighted by molar-refractivity contribution is 4.91. The van der Waals surface area contributed by atoms with Gasteiger partial charge in [-0.05, 0) is 31.6 Å². The van der Waals surface area contributed by atoms with E-state index in [1.807, 2.05) is 6.08 Å². The molecule has 0 radical (unpaired) electrons. The predicted molar refractivity (Wildman–Crippen MR) is 41.3 cm³/mol. The van der Waals surface area contributed by atoms with E-state index >= 15 is 0 Å². The van der Waals surface area contributed by atoms with Gasteiger partial charge in [-0.2, -0.15) is 5.26 Å². The number of nitrogens with zero attached hydrogens (tertiary/aromatic N) is 1. The molecule has 1 fully saturated rings. The molecule has 0 heterocycles. The van der Waals surface area contributed by atoms with E-state index < -0.39 is 0 Å². The number of rotatable bonds is 2. The van der Waals surface area contributed by atoms with E-state index in [1.165, 1.54) is 6.42 Å². The summed E-state index contributed by atoms with van der Waals surface area (Å²) in [5.74, 6) is 1.09. The Labute approximate surface area is 62.4 Å². The van der Waals surface area contributed by atoms with Gasteiger partial charge in [0.1, 0.15) is 0 Å². The molecule has 0 aliphatic heterocycles. The lowest BCUT2D eigenvalue weighted by Gasteiger charge is -2.02. The summed E-state index contributed by atoms with van der Waals surface area (Å²) >= 11 is 0. The SMILES string of the molecule is C=CCC1CCC(C#N)C1. The summed E-state index contributed by atoms with van der Waals surface area (Å²) in [7, 11) is 0. The first-order valence-corrected chi connectivity index (χ1v) is 3.87. The van der Waals surface area contributed by atoms with Crippen molar-refractivity contribution in [3.8, 4) is 6.07 Å². The minimum absolute atomic E-state index is 0.338. The van der Waals surface area contributed by atoms with Crippen LogP contribution in [0.25, 0.3) is 0 Å². The zero-order valence-corrected chi connectivity index (χ0v) is 6.21. The van der Waals surface area contributed by atoms with E-state index in [0.29, 0.717) is 5.92 Å². The fraction of sp³-hybridized carbons (Fsp3) is 0.667. The molecule has 0 aromatic rings. The summed E-state index contributed by atoms with van der Waals surface area (Å²) in [5.41, 5.74) is 0. The lowest BCUT2D eigenvalue weighted by molar-refractivity contribution is 0.543. The quantitative estimate of drug-likeness (QED) is 0.534. The zero-order valence-electron chi connectivity index (χ0n) is 6.21. The molecule has 0 spiro atoms. The third kappa shape index (κ3) is 1.60. The smallest absolute Gasteiger partial charge is 0.0655 e. The summed E-state index contributed by atoms with van der Waals surface area (Å²) < 4.78 is 0. The molecule has 54 valence electrons. The molecule has 0 bridgehead atoms. The van der Waals surface area contributed by atoms with Crippen LogP contribution in [0.1, 0.15) is 25.7 Å². The van der Waals surface area contributed by atoms with Gasteiger partial charge in [-0.15, -0.1) is 6.58 Å². The van der Waals surface area contributed by atoms with E-state index in [0.717, 1.165) is 25.2 Å². The molecule has 2 unspecified atom stereocenters. The number of allylic oxidation sites excluding steroid dienone is 1. The molecule has 0 amide bonds. The van der Waals surface area contributed by atoms with Gasteiger partial charge in [0.15, 0.2) is 0 Å². The fourth-order valence-electron chi connectivity index (χ4n) is 1.64. The molecule has 1 nitrogen and oxygen atoms in total. The van der Waals surface area contributed by atoms with Gasteiger partial charge < -0.3 is 0 Å². The molecule has 0 saturated heterocycles. The van der Waals surface area contributed by atoms with Crippen molar-refractivity contribution in [1.82, 2.24) is 0 Å². The average Bonchev–Trinajstić information content (AvgIpc) is 2.37. The largest absolute Gasteiger partial charge is 0.198 e. The van der Waals surface area contributed by atoms with E-state index in [-0.39, 0.29) is 0 Å². The van der Waals surface area contributed by atoms with Gasteiger partial charge in [-0.1, -0.05) is 6.08 Å². The lowest BCUT2D eigenvalue weighted by Crippen LogP contribution is -1.92. The summed E-state index contributed by atoms with van der Waals surface area (Å²) in [6, 6.07) is 2.32. The summed E-state index contributed by atoms with van der Waals surface area (Å²) in [6.45, 7) is 3.69. The Morgan fingerprint density at radius 3 is 2.90 bits per heavy atom. The van der Waals surface area contributed by atoms with Crippen molar-refractivity contribution in [2.24, 2.45) is 11.8 Å². The van der Waals surface area contributed by atoms with Crippen molar-refractivity contribution in [2.45, 2.75) is 25.7 Å². The third-order valence-electron chi connectivity index (χ3n) is 2.22. The highest BCUT2D eigenvalue weighted by atomic mass is 14.3. The number of nitriles is 1. The number of hydrogen-bond donors (Lipinski definition) is 0. The van der Waals surface area contributed by atoms with Crippen LogP contribution in [-0.4, -0.2) is 0 Å². The second-order valence-corrected chi connectivity index (χ2v) is 3.03. The van der Waals surface area contributed by atoms with Crippen molar-refractivity contribution in [3.05, 3.63) is 12.7 Å². The Kier molecular flexibility index (Phi) is 2.50. The van der Waals surface area contributed by atoms with Crippen molar-refractivity contribution >= 4 is 0 Å². The van der Waals surface area contributed by atoms with E-state index in [9.17, 15) is 0 Å². The first kappa shape index (κ1) is 7.34. The van der Waals surface area contributed by atoms with Gasteiger partial charge in [-0.25, -0.2) is 0 Å². The molecular weight excluding hydrogens is 122 g/mol. The van der Waals surface area contributed by atoms with Crippen LogP contribution >= 0.6 is 0 Å². The maximum atomic E-state index is 8.58. The molecule has 0 aromatic heterocycles. The Balaban J connectivity index is 2.30.